The molecule has 84 valence electrons. The number of guanidine groups is 1. The number of amides is 1. The van der Waals surface area contributed by atoms with Crippen LogP contribution in [0.1, 0.15) is 10.4 Å². The van der Waals surface area contributed by atoms with Gasteiger partial charge in [0.05, 0.1) is 0 Å². The third kappa shape index (κ3) is 2.89. The van der Waals surface area contributed by atoms with Crippen molar-refractivity contribution in [3.63, 3.8) is 0 Å². The molecular formula is C8H8N4O3S. The maximum atomic E-state index is 11.7. The van der Waals surface area contributed by atoms with Gasteiger partial charge in [0.1, 0.15) is 0 Å². The lowest BCUT2D eigenvalue weighted by molar-refractivity contribution is 0.0849. The third-order valence-electron chi connectivity index (χ3n) is 1.59. The summed E-state index contributed by atoms with van der Waals surface area (Å²) in [4.78, 5) is 11.7. The maximum absolute atomic E-state index is 11.7. The summed E-state index contributed by atoms with van der Waals surface area (Å²) in [7, 11) is -2.85. The number of carbonyl (C=O) groups is 1. The molecule has 1 rings (SSSR count). The Morgan fingerprint density at radius 3 is 2.31 bits per heavy atom. The summed E-state index contributed by atoms with van der Waals surface area (Å²) in [5.41, 5.74) is 5.23. The summed E-state index contributed by atoms with van der Waals surface area (Å²) in [6.07, 6.45) is 0. The summed E-state index contributed by atoms with van der Waals surface area (Å²) in [5.74, 6) is -1.55. The molecule has 0 aliphatic carbocycles. The number of nitrogens with two attached hydrogens (primary N) is 1. The lowest BCUT2D eigenvalue weighted by Crippen LogP contribution is -2.37. The van der Waals surface area contributed by atoms with Crippen LogP contribution in [0.4, 0.5) is 0 Å². The molecule has 1 aromatic rings. The largest absolute Gasteiger partial charge is 0.368 e. The highest BCUT2D eigenvalue weighted by molar-refractivity contribution is 7.61. The normalized spacial score (nSPS) is 9.25. The second-order valence-corrected chi connectivity index (χ2v) is 3.26. The number of rotatable bonds is 2. The first-order valence-corrected chi connectivity index (χ1v) is 5.10. The van der Waals surface area contributed by atoms with Gasteiger partial charge in [-0.3, -0.25) is 10.2 Å². The zero-order chi connectivity index (χ0) is 12.1. The van der Waals surface area contributed by atoms with E-state index in [1.807, 2.05) is 0 Å². The zero-order valence-corrected chi connectivity index (χ0v) is 8.81. The minimum absolute atomic E-state index is 0.187. The molecular weight excluding hydrogens is 232 g/mol. The molecule has 0 unspecified atom stereocenters. The predicted octanol–water partition coefficient (Wildman–Crippen LogP) is -0.0000300. The summed E-state index contributed by atoms with van der Waals surface area (Å²) in [6.45, 7) is 0. The van der Waals surface area contributed by atoms with Crippen molar-refractivity contribution < 1.29 is 13.2 Å². The van der Waals surface area contributed by atoms with E-state index in [0.29, 0.717) is 5.01 Å². The van der Waals surface area contributed by atoms with Crippen LogP contribution in [-0.2, 0) is 10.5 Å². The van der Waals surface area contributed by atoms with Crippen molar-refractivity contribution in [3.05, 3.63) is 35.9 Å². The summed E-state index contributed by atoms with van der Waals surface area (Å²) < 4.78 is 23.6. The van der Waals surface area contributed by atoms with E-state index in [4.69, 9.17) is 11.1 Å². The van der Waals surface area contributed by atoms with Gasteiger partial charge in [0.15, 0.2) is 0 Å². The first kappa shape index (κ1) is 11.9. The topological polar surface area (TPSA) is 117 Å². The molecule has 1 aromatic carbocycles. The molecule has 0 spiro atoms. The van der Waals surface area contributed by atoms with Crippen LogP contribution in [0.5, 0.6) is 0 Å². The van der Waals surface area contributed by atoms with Gasteiger partial charge < -0.3 is 5.73 Å². The lowest BCUT2D eigenvalue weighted by Gasteiger charge is -2.11. The van der Waals surface area contributed by atoms with Crippen molar-refractivity contribution in [2.75, 3.05) is 0 Å². The van der Waals surface area contributed by atoms with Crippen molar-refractivity contribution in [2.24, 2.45) is 10.2 Å². The van der Waals surface area contributed by atoms with Crippen molar-refractivity contribution in [2.45, 2.75) is 0 Å². The molecule has 0 saturated carbocycles. The molecule has 0 aliphatic heterocycles. The van der Waals surface area contributed by atoms with Gasteiger partial charge >= 0.3 is 10.5 Å². The molecule has 0 bridgehead atoms. The van der Waals surface area contributed by atoms with E-state index in [2.05, 4.69) is 4.47 Å². The Morgan fingerprint density at radius 2 is 1.88 bits per heavy atom. The molecule has 3 N–H and O–H groups in total. The highest BCUT2D eigenvalue weighted by Crippen LogP contribution is 2.04. The number of carbonyl (C=O) groups excluding carboxylic acids is 1. The monoisotopic (exact) mass is 240 g/mol. The molecule has 0 atom stereocenters. The Labute approximate surface area is 92.7 Å². The SMILES string of the molecule is N=C(N)N(N=S(=O)=O)C(=O)c1ccccc1. The minimum Gasteiger partial charge on any atom is -0.368 e. The van der Waals surface area contributed by atoms with Crippen molar-refractivity contribution >= 4 is 22.4 Å². The predicted molar refractivity (Wildman–Crippen MR) is 55.9 cm³/mol. The molecule has 0 aromatic heterocycles. The Morgan fingerprint density at radius 1 is 1.31 bits per heavy atom. The van der Waals surface area contributed by atoms with Crippen LogP contribution in [0.15, 0.2) is 34.8 Å². The molecule has 0 aliphatic rings. The van der Waals surface area contributed by atoms with E-state index >= 15 is 0 Å². The number of benzene rings is 1. The molecule has 8 heteroatoms. The minimum atomic E-state index is -2.85. The van der Waals surface area contributed by atoms with Gasteiger partial charge in [0, 0.05) is 5.56 Å². The van der Waals surface area contributed by atoms with E-state index in [9.17, 15) is 13.2 Å². The van der Waals surface area contributed by atoms with Gasteiger partial charge in [0.2, 0.25) is 5.96 Å². The van der Waals surface area contributed by atoms with E-state index in [1.165, 1.54) is 12.1 Å². The highest BCUT2D eigenvalue weighted by atomic mass is 32.2. The average Bonchev–Trinajstić information content (AvgIpc) is 2.25. The average molecular weight is 240 g/mol. The lowest BCUT2D eigenvalue weighted by atomic mass is 10.2. The Balaban J connectivity index is 3.11. The fourth-order valence-corrected chi connectivity index (χ4v) is 1.26. The highest BCUT2D eigenvalue weighted by Gasteiger charge is 2.18. The standard InChI is InChI=1S/C8H8N4O3S/c9-8(10)12(11-16(14)15)7(13)6-4-2-1-3-5-6/h1-5H,(H3,9,10). The molecule has 7 nitrogen and oxygen atoms in total. The van der Waals surface area contributed by atoms with E-state index in [-0.39, 0.29) is 5.56 Å². The van der Waals surface area contributed by atoms with E-state index in [0.717, 1.165) is 0 Å². The summed E-state index contributed by atoms with van der Waals surface area (Å²) in [6, 6.07) is 7.81. The third-order valence-corrected chi connectivity index (χ3v) is 1.89. The number of nitrogens with zero attached hydrogens (tertiary/aromatic N) is 2. The van der Waals surface area contributed by atoms with E-state index in [1.54, 1.807) is 18.2 Å². The first-order valence-electron chi connectivity index (χ1n) is 4.07. The Hall–Kier alpha value is -2.22. The Kier molecular flexibility index (Phi) is 3.72. The molecule has 0 radical (unpaired) electrons. The van der Waals surface area contributed by atoms with Gasteiger partial charge in [-0.2, -0.15) is 8.42 Å². The fourth-order valence-electron chi connectivity index (χ4n) is 0.960. The second kappa shape index (κ2) is 5.03. The summed E-state index contributed by atoms with van der Waals surface area (Å²) >= 11 is 0. The van der Waals surface area contributed by atoms with Gasteiger partial charge in [0.25, 0.3) is 5.91 Å². The molecule has 0 heterocycles. The van der Waals surface area contributed by atoms with Crippen molar-refractivity contribution in [3.8, 4) is 0 Å². The van der Waals surface area contributed by atoms with Crippen LogP contribution in [-0.4, -0.2) is 25.3 Å². The molecule has 1 amide bonds. The number of hydrogen-bond donors (Lipinski definition) is 2. The van der Waals surface area contributed by atoms with Crippen LogP contribution in [0.2, 0.25) is 0 Å². The van der Waals surface area contributed by atoms with Crippen molar-refractivity contribution in [1.82, 2.24) is 5.01 Å². The Bertz CT molecular complexity index is 530. The molecule has 16 heavy (non-hydrogen) atoms. The van der Waals surface area contributed by atoms with Crippen LogP contribution < -0.4 is 5.73 Å². The number of hydrogen-bond acceptors (Lipinski definition) is 5. The van der Waals surface area contributed by atoms with Crippen LogP contribution in [0.25, 0.3) is 0 Å². The van der Waals surface area contributed by atoms with Gasteiger partial charge in [-0.25, -0.2) is 0 Å². The maximum Gasteiger partial charge on any atom is 0.333 e. The van der Waals surface area contributed by atoms with Gasteiger partial charge in [-0.1, -0.05) is 18.2 Å². The van der Waals surface area contributed by atoms with Crippen LogP contribution in [0.3, 0.4) is 0 Å². The zero-order valence-electron chi connectivity index (χ0n) is 7.99. The van der Waals surface area contributed by atoms with Gasteiger partial charge in [-0.15, -0.1) is 5.01 Å². The van der Waals surface area contributed by atoms with Crippen LogP contribution >= 0.6 is 0 Å². The van der Waals surface area contributed by atoms with Crippen LogP contribution in [0, 0.1) is 5.41 Å². The molecule has 0 saturated heterocycles. The van der Waals surface area contributed by atoms with E-state index < -0.39 is 22.4 Å². The quantitative estimate of drug-likeness (QED) is 0.429. The second-order valence-electron chi connectivity index (χ2n) is 2.67. The smallest absolute Gasteiger partial charge is 0.333 e. The number of nitrogens with one attached hydrogen (secondary N) is 1. The first-order chi connectivity index (χ1) is 7.52. The van der Waals surface area contributed by atoms with Gasteiger partial charge in [-0.05, 0) is 16.6 Å². The van der Waals surface area contributed by atoms with Crippen molar-refractivity contribution in [1.29, 1.82) is 5.41 Å². The fraction of sp³-hybridized carbons (Fsp3) is 0. The summed E-state index contributed by atoms with van der Waals surface area (Å²) in [5, 5.41) is 7.34. The molecule has 0 fully saturated rings.